The maximum Gasteiger partial charge on any atom is 0.0487 e. The van der Waals surface area contributed by atoms with Crippen LogP contribution in [0.4, 0.5) is 0 Å². The third kappa shape index (κ3) is 24.6. The second-order valence-electron chi connectivity index (χ2n) is 18.9. The van der Waals surface area contributed by atoms with Gasteiger partial charge >= 0.3 is 46.3 Å². The van der Waals surface area contributed by atoms with Gasteiger partial charge in [-0.15, -0.1) is 12.4 Å². The Labute approximate surface area is 476 Å². The summed E-state index contributed by atoms with van der Waals surface area (Å²) < 4.78 is 63.1. The molecule has 0 bridgehead atoms. The van der Waals surface area contributed by atoms with Crippen LogP contribution in [0, 0.1) is 0 Å². The SMILES string of the molecule is Brc1cn[nH]c1.C=COCC.CC1(C)OB(c2cn[nH]c2)OC1(C)C.CCOC(C)n1cc(B2OC(C)(C)C(C)(C)O2)cn1.CCOC(C)n1cc(Br)cn1.COB1OC(C)(C)C(C)(C)O1.Cl.[B]=NS.c1cn[nH]c1. The van der Waals surface area contributed by atoms with E-state index in [2.05, 4.69) is 109 Å². The van der Waals surface area contributed by atoms with Gasteiger partial charge in [0.05, 0.1) is 67.8 Å². The molecule has 2 unspecified atom stereocenters. The van der Waals surface area contributed by atoms with Crippen LogP contribution in [0.1, 0.15) is 130 Å². The number of ether oxygens (including phenoxy) is 3. The van der Waals surface area contributed by atoms with Gasteiger partial charge in [0.1, 0.15) is 12.5 Å². The first-order valence-corrected chi connectivity index (χ1v) is 25.9. The first-order chi connectivity index (χ1) is 34.5. The summed E-state index contributed by atoms with van der Waals surface area (Å²) in [5.41, 5.74) is 0.0656. The number of halogens is 3. The quantitative estimate of drug-likeness (QED) is 0.0549. The zero-order chi connectivity index (χ0) is 56.4. The van der Waals surface area contributed by atoms with Crippen LogP contribution in [0.5, 0.6) is 0 Å². The van der Waals surface area contributed by atoms with Gasteiger partial charge in [-0.1, -0.05) is 6.58 Å². The number of nitrogens with one attached hydrogen (secondary N) is 3. The van der Waals surface area contributed by atoms with Gasteiger partial charge in [0.25, 0.3) is 0 Å². The smallest absolute Gasteiger partial charge is 0.0487 e. The molecule has 0 saturated carbocycles. The molecule has 0 aromatic carbocycles. The maximum atomic E-state index is 5.99. The van der Waals surface area contributed by atoms with E-state index in [9.17, 15) is 0 Å². The largest absolute Gasteiger partial charge is 0.286 e. The summed E-state index contributed by atoms with van der Waals surface area (Å²) >= 11 is 9.69. The summed E-state index contributed by atoms with van der Waals surface area (Å²) in [5.74, 6) is 0. The van der Waals surface area contributed by atoms with Crippen molar-refractivity contribution in [1.82, 2.24) is 50.2 Å². The molecule has 8 heterocycles. The zero-order valence-corrected chi connectivity index (χ0v) is 51.9. The molecule has 0 amide bonds. The topological polar surface area (TPSA) is 226 Å². The normalized spacial score (nSPS) is 18.1. The molecule has 1 radical (unpaired) electrons. The summed E-state index contributed by atoms with van der Waals surface area (Å²) in [6.45, 7) is 39.5. The average Bonchev–Trinajstić information content (AvgIpc) is 4.18. The van der Waals surface area contributed by atoms with E-state index in [1.807, 2.05) is 136 Å². The van der Waals surface area contributed by atoms with E-state index in [1.165, 1.54) is 6.26 Å². The molecule has 3 N–H and O–H groups in total. The van der Waals surface area contributed by atoms with Gasteiger partial charge in [-0.25, -0.2) is 9.36 Å². The van der Waals surface area contributed by atoms with Gasteiger partial charge in [-0.05, 0) is 156 Å². The molecule has 3 saturated heterocycles. The minimum absolute atomic E-state index is 0. The van der Waals surface area contributed by atoms with E-state index in [1.54, 1.807) is 66.0 Å². The first-order valence-electron chi connectivity index (χ1n) is 23.9. The summed E-state index contributed by atoms with van der Waals surface area (Å²) in [7, 11) is 4.72. The van der Waals surface area contributed by atoms with Gasteiger partial charge in [0, 0.05) is 80.8 Å². The number of H-pyrrole nitrogens is 3. The van der Waals surface area contributed by atoms with Gasteiger partial charge < -0.3 is 46.8 Å². The molecular weight excluding hydrogens is 1140 g/mol. The molecule has 75 heavy (non-hydrogen) atoms. The van der Waals surface area contributed by atoms with E-state index in [0.29, 0.717) is 13.2 Å². The predicted molar refractivity (Wildman–Crippen MR) is 309 cm³/mol. The van der Waals surface area contributed by atoms with Gasteiger partial charge in [-0.2, -0.15) is 25.5 Å². The van der Waals surface area contributed by atoms with Crippen molar-refractivity contribution in [2.45, 2.75) is 164 Å². The molecule has 3 aliphatic heterocycles. The van der Waals surface area contributed by atoms with Crippen LogP contribution in [0.25, 0.3) is 0 Å². The molecule has 29 heteroatoms. The number of aromatic nitrogens is 10. The standard InChI is InChI=1S/C13H23BN2O3.C9H15BN2O2.C7H15BO3.C7H11BrN2O.C4H8O.C3H3BrN2.C3H4N2.BHNS.ClH/c1-7-17-10(2)16-9-11(8-15-16)14-18-12(3,4)13(5,6)19-14;1-8(2)9(3,4)14-10(13-8)7-5-11-12-6-7;1-6(2)7(3,4)11-8(9-5)10-6;1-3-11-6(2)10-5-7(8)4-9-10;1-3-5-4-2;4-3-1-5-6-2-3;1-2-4-5-3-1;1-2-3;/h8-10H,7H2,1-6H3;5-6H,1-4H3,(H,11,12);1-5H3;4-6H,3H2,1-2H3;3H,1,4H2,2H3;1-2H,(H,5,6);1-3H,(H,4,5);3H;1H. The molecule has 21 nitrogen and oxygen atoms in total. The van der Waals surface area contributed by atoms with Crippen LogP contribution in [0.3, 0.4) is 0 Å². The summed E-state index contributed by atoms with van der Waals surface area (Å²) in [5, 5.41) is 27.5. The third-order valence-electron chi connectivity index (χ3n) is 11.9. The van der Waals surface area contributed by atoms with E-state index in [-0.39, 0.29) is 72.7 Å². The predicted octanol–water partition coefficient (Wildman–Crippen LogP) is 9.22. The van der Waals surface area contributed by atoms with Crippen molar-refractivity contribution < 1.29 is 46.8 Å². The van der Waals surface area contributed by atoms with Gasteiger partial charge in [0.2, 0.25) is 0 Å². The Hall–Kier alpha value is -3.11. The Morgan fingerprint density at radius 2 is 1.11 bits per heavy atom. The number of nitrogens with zero attached hydrogens (tertiary/aromatic N) is 8. The fraction of sp³-hybridized carbons (Fsp3) is 0.630. The molecule has 3 fully saturated rings. The average molecular weight is 1220 g/mol. The Kier molecular flexibility index (Phi) is 33.3. The molecule has 5 aromatic heterocycles. The van der Waals surface area contributed by atoms with Crippen molar-refractivity contribution >= 4 is 97.2 Å². The van der Waals surface area contributed by atoms with Crippen LogP contribution in [-0.4, -0.2) is 140 Å². The molecule has 0 aliphatic carbocycles. The Bertz CT molecular complexity index is 2170. The van der Waals surface area contributed by atoms with Crippen molar-refractivity contribution in [3.8, 4) is 0 Å². The van der Waals surface area contributed by atoms with Crippen LogP contribution in [0.15, 0.2) is 94.1 Å². The molecule has 2 atom stereocenters. The molecule has 8 rings (SSSR count). The van der Waals surface area contributed by atoms with E-state index in [0.717, 1.165) is 26.5 Å². The summed E-state index contributed by atoms with van der Waals surface area (Å²) in [4.78, 5) is 0. The molecule has 0 spiro atoms. The van der Waals surface area contributed by atoms with E-state index < -0.39 is 7.32 Å². The van der Waals surface area contributed by atoms with Crippen LogP contribution < -0.4 is 10.9 Å². The Morgan fingerprint density at radius 3 is 1.39 bits per heavy atom. The molecule has 3 aliphatic rings. The summed E-state index contributed by atoms with van der Waals surface area (Å²) in [6, 6.07) is 1.83. The fourth-order valence-corrected chi connectivity index (χ4v) is 6.13. The molecule has 419 valence electrons. The monoisotopic (exact) mass is 1220 g/mol. The van der Waals surface area contributed by atoms with Crippen molar-refractivity contribution in [3.63, 3.8) is 0 Å². The van der Waals surface area contributed by atoms with Crippen molar-refractivity contribution in [2.24, 2.45) is 4.30 Å². The van der Waals surface area contributed by atoms with Crippen molar-refractivity contribution in [1.29, 1.82) is 0 Å². The van der Waals surface area contributed by atoms with E-state index in [4.69, 9.17) is 42.1 Å². The van der Waals surface area contributed by atoms with Crippen LogP contribution in [-0.2, 0) is 46.8 Å². The van der Waals surface area contributed by atoms with Gasteiger partial charge in [-0.3, -0.25) is 15.3 Å². The van der Waals surface area contributed by atoms with Gasteiger partial charge in [0.15, 0.2) is 0 Å². The minimum atomic E-state index is -0.514. The minimum Gasteiger partial charge on any atom is -0.286 e. The number of thiol groups is 1. The van der Waals surface area contributed by atoms with E-state index >= 15 is 0 Å². The van der Waals surface area contributed by atoms with Crippen LogP contribution in [0.2, 0.25) is 0 Å². The summed E-state index contributed by atoms with van der Waals surface area (Å²) in [6.07, 6.45) is 19.1. The molecular formula is C46H81B4Br2ClN11O10S. The number of hydrogen-bond donors (Lipinski definition) is 4. The number of hydrogen-bond acceptors (Lipinski definition) is 17. The Morgan fingerprint density at radius 1 is 0.667 bits per heavy atom. The van der Waals surface area contributed by atoms with Crippen LogP contribution >= 0.6 is 57.1 Å². The fourth-order valence-electron chi connectivity index (χ4n) is 5.62. The molecule has 5 aromatic rings. The third-order valence-corrected chi connectivity index (χ3v) is 12.7. The maximum absolute atomic E-state index is 5.99. The Balaban J connectivity index is 0.000000881. The second kappa shape index (κ2) is 34.7. The number of rotatable bonds is 11. The van der Waals surface area contributed by atoms with Crippen molar-refractivity contribution in [2.75, 3.05) is 26.9 Å². The van der Waals surface area contributed by atoms with Crippen molar-refractivity contribution in [3.05, 3.63) is 89.8 Å². The number of aromatic amines is 3. The second-order valence-corrected chi connectivity index (χ2v) is 21.0. The zero-order valence-electron chi connectivity index (χ0n) is 47.0. The first kappa shape index (κ1) is 71.9.